The summed E-state index contributed by atoms with van der Waals surface area (Å²) in [5.41, 5.74) is 0.401. The van der Waals surface area contributed by atoms with Crippen molar-refractivity contribution >= 4 is 17.5 Å². The zero-order chi connectivity index (χ0) is 15.5. The van der Waals surface area contributed by atoms with E-state index >= 15 is 0 Å². The predicted molar refractivity (Wildman–Crippen MR) is 82.1 cm³/mol. The first-order valence-electron chi connectivity index (χ1n) is 6.93. The lowest BCUT2D eigenvalue weighted by atomic mass is 9.82. The molecule has 1 N–H and O–H groups in total. The highest BCUT2D eigenvalue weighted by atomic mass is 35.5. The smallest absolute Gasteiger partial charge is 0.271 e. The normalized spacial score (nSPS) is 13.4. The molecule has 0 aromatic carbocycles. The van der Waals surface area contributed by atoms with Gasteiger partial charge in [0, 0.05) is 12.5 Å². The van der Waals surface area contributed by atoms with Crippen LogP contribution >= 0.6 is 11.6 Å². The number of hydrogen-bond donors (Lipinski definition) is 1. The van der Waals surface area contributed by atoms with E-state index in [1.165, 1.54) is 6.20 Å². The van der Waals surface area contributed by atoms with Crippen LogP contribution < -0.4 is 5.32 Å². The second-order valence-electron chi connectivity index (χ2n) is 6.56. The van der Waals surface area contributed by atoms with Gasteiger partial charge in [-0.2, -0.15) is 0 Å². The van der Waals surface area contributed by atoms with Crippen molar-refractivity contribution in [2.45, 2.75) is 47.5 Å². The summed E-state index contributed by atoms with van der Waals surface area (Å²) in [4.78, 5) is 20.6. The number of nitrogens with zero attached hydrogens (tertiary/aromatic N) is 2. The third kappa shape index (κ3) is 4.44. The number of halogens is 1. The van der Waals surface area contributed by atoms with E-state index in [0.717, 1.165) is 0 Å². The largest absolute Gasteiger partial charge is 0.350 e. The maximum atomic E-state index is 12.2. The van der Waals surface area contributed by atoms with Crippen LogP contribution in [0, 0.1) is 11.3 Å². The van der Waals surface area contributed by atoms with E-state index in [0.29, 0.717) is 18.3 Å². The molecule has 5 heteroatoms. The Hall–Kier alpha value is -1.16. The van der Waals surface area contributed by atoms with Crippen LogP contribution in [0.2, 0.25) is 5.02 Å². The highest BCUT2D eigenvalue weighted by molar-refractivity contribution is 6.33. The monoisotopic (exact) mass is 297 g/mol. The molecular formula is C15H24ClN3O. The number of carbonyl (C=O) groups excluding carboxylic acids is 1. The molecule has 1 amide bonds. The Morgan fingerprint density at radius 3 is 2.45 bits per heavy atom. The third-order valence-corrected chi connectivity index (χ3v) is 3.82. The summed E-state index contributed by atoms with van der Waals surface area (Å²) in [7, 11) is 0. The van der Waals surface area contributed by atoms with E-state index in [2.05, 4.69) is 43.0 Å². The zero-order valence-electron chi connectivity index (χ0n) is 13.1. The van der Waals surface area contributed by atoms with E-state index in [4.69, 9.17) is 11.6 Å². The Balaban J connectivity index is 2.80. The molecule has 0 bridgehead atoms. The maximum Gasteiger partial charge on any atom is 0.271 e. The van der Waals surface area contributed by atoms with Crippen LogP contribution in [-0.4, -0.2) is 22.4 Å². The minimum absolute atomic E-state index is 0.145. The van der Waals surface area contributed by atoms with Gasteiger partial charge < -0.3 is 5.32 Å². The quantitative estimate of drug-likeness (QED) is 0.922. The van der Waals surface area contributed by atoms with Crippen molar-refractivity contribution < 1.29 is 4.79 Å². The summed E-state index contributed by atoms with van der Waals surface area (Å²) in [5.74, 6) is 0.905. The van der Waals surface area contributed by atoms with Gasteiger partial charge in [-0.05, 0) is 11.3 Å². The van der Waals surface area contributed by atoms with Crippen LogP contribution in [0.4, 0.5) is 0 Å². The fourth-order valence-corrected chi connectivity index (χ4v) is 1.63. The van der Waals surface area contributed by atoms with Gasteiger partial charge in [0.15, 0.2) is 0 Å². The second-order valence-corrected chi connectivity index (χ2v) is 6.96. The van der Waals surface area contributed by atoms with Crippen molar-refractivity contribution in [2.24, 2.45) is 11.3 Å². The maximum absolute atomic E-state index is 12.2. The number of amides is 1. The molecule has 0 fully saturated rings. The van der Waals surface area contributed by atoms with E-state index < -0.39 is 0 Å². The number of carbonyl (C=O) groups is 1. The van der Waals surface area contributed by atoms with Gasteiger partial charge in [0.1, 0.15) is 11.5 Å². The number of aromatic nitrogens is 2. The van der Waals surface area contributed by atoms with E-state index in [9.17, 15) is 4.79 Å². The van der Waals surface area contributed by atoms with Crippen LogP contribution in [0.15, 0.2) is 6.20 Å². The molecule has 1 atom stereocenters. The molecule has 1 aromatic heterocycles. The number of nitrogens with one attached hydrogen (secondary N) is 1. The van der Waals surface area contributed by atoms with Crippen molar-refractivity contribution in [3.05, 3.63) is 22.7 Å². The topological polar surface area (TPSA) is 54.9 Å². The van der Waals surface area contributed by atoms with Gasteiger partial charge >= 0.3 is 0 Å². The Bertz CT molecular complexity index is 480. The average Bonchev–Trinajstić information content (AvgIpc) is 2.34. The van der Waals surface area contributed by atoms with Gasteiger partial charge in [-0.25, -0.2) is 9.97 Å². The summed E-state index contributed by atoms with van der Waals surface area (Å²) >= 11 is 6.02. The Morgan fingerprint density at radius 2 is 1.95 bits per heavy atom. The lowest BCUT2D eigenvalue weighted by Gasteiger charge is -2.27. The Morgan fingerprint density at radius 1 is 1.35 bits per heavy atom. The van der Waals surface area contributed by atoms with Gasteiger partial charge in [-0.3, -0.25) is 4.79 Å². The van der Waals surface area contributed by atoms with Crippen molar-refractivity contribution in [1.29, 1.82) is 0 Å². The van der Waals surface area contributed by atoms with E-state index in [1.807, 2.05) is 13.8 Å². The molecule has 0 saturated heterocycles. The summed E-state index contributed by atoms with van der Waals surface area (Å²) in [6.07, 6.45) is 1.49. The Labute approximate surface area is 126 Å². The molecule has 0 radical (unpaired) electrons. The van der Waals surface area contributed by atoms with Crippen LogP contribution in [0.25, 0.3) is 0 Å². The van der Waals surface area contributed by atoms with Crippen molar-refractivity contribution in [2.75, 3.05) is 6.54 Å². The van der Waals surface area contributed by atoms with E-state index in [1.54, 1.807) is 0 Å². The van der Waals surface area contributed by atoms with Crippen LogP contribution in [0.1, 0.15) is 63.8 Å². The molecule has 20 heavy (non-hydrogen) atoms. The summed E-state index contributed by atoms with van der Waals surface area (Å²) in [6, 6.07) is 0. The molecule has 112 valence electrons. The van der Waals surface area contributed by atoms with Crippen LogP contribution in [-0.2, 0) is 0 Å². The molecule has 0 spiro atoms. The molecule has 0 aliphatic rings. The molecule has 4 nitrogen and oxygen atoms in total. The van der Waals surface area contributed by atoms with E-state index in [-0.39, 0.29) is 28.0 Å². The average molecular weight is 298 g/mol. The first-order chi connectivity index (χ1) is 9.12. The molecule has 0 saturated carbocycles. The Kier molecular flexibility index (Phi) is 5.51. The summed E-state index contributed by atoms with van der Waals surface area (Å²) in [6.45, 7) is 13.1. The van der Waals surface area contributed by atoms with Gasteiger partial charge in [0.2, 0.25) is 0 Å². The van der Waals surface area contributed by atoms with Gasteiger partial charge in [0.05, 0.1) is 11.2 Å². The standard InChI is InChI=1S/C15H24ClN3O/c1-9(2)13-17-8-11(16)12(19-13)14(20)18-7-10(3)15(4,5)6/h8-10H,7H2,1-6H3,(H,18,20). The first-order valence-corrected chi connectivity index (χ1v) is 7.31. The molecule has 1 aromatic rings. The highest BCUT2D eigenvalue weighted by Crippen LogP contribution is 2.24. The second kappa shape index (κ2) is 6.53. The molecule has 0 aliphatic heterocycles. The minimum atomic E-state index is -0.240. The number of rotatable bonds is 4. The fraction of sp³-hybridized carbons (Fsp3) is 0.667. The molecule has 0 aliphatic carbocycles. The van der Waals surface area contributed by atoms with Crippen molar-refractivity contribution in [3.63, 3.8) is 0 Å². The number of hydrogen-bond acceptors (Lipinski definition) is 3. The summed E-state index contributed by atoms with van der Waals surface area (Å²) < 4.78 is 0. The van der Waals surface area contributed by atoms with Gasteiger partial charge in [0.25, 0.3) is 5.91 Å². The van der Waals surface area contributed by atoms with Gasteiger partial charge in [-0.1, -0.05) is 53.1 Å². The third-order valence-electron chi connectivity index (χ3n) is 3.54. The zero-order valence-corrected chi connectivity index (χ0v) is 13.9. The van der Waals surface area contributed by atoms with Gasteiger partial charge in [-0.15, -0.1) is 0 Å². The van der Waals surface area contributed by atoms with Crippen molar-refractivity contribution in [1.82, 2.24) is 15.3 Å². The molecule has 1 unspecified atom stereocenters. The lowest BCUT2D eigenvalue weighted by molar-refractivity contribution is 0.0931. The molecule has 1 heterocycles. The minimum Gasteiger partial charge on any atom is -0.350 e. The van der Waals surface area contributed by atoms with Crippen molar-refractivity contribution in [3.8, 4) is 0 Å². The first kappa shape index (κ1) is 16.9. The molecule has 1 rings (SSSR count). The lowest BCUT2D eigenvalue weighted by Crippen LogP contribution is -2.34. The van der Waals surface area contributed by atoms with Crippen LogP contribution in [0.3, 0.4) is 0 Å². The molecular weight excluding hydrogens is 274 g/mol. The SMILES string of the molecule is CC(C)c1ncc(Cl)c(C(=O)NCC(C)C(C)(C)C)n1. The van der Waals surface area contributed by atoms with Crippen LogP contribution in [0.5, 0.6) is 0 Å². The summed E-state index contributed by atoms with van der Waals surface area (Å²) in [5, 5.41) is 3.19. The highest BCUT2D eigenvalue weighted by Gasteiger charge is 2.22. The predicted octanol–water partition coefficient (Wildman–Crippen LogP) is 3.67. The fourth-order valence-electron chi connectivity index (χ4n) is 1.45.